The molecular formula is C13H12F2N2O4. The first-order chi connectivity index (χ1) is 9.81. The topological polar surface area (TPSA) is 77.9 Å². The van der Waals surface area contributed by atoms with Gasteiger partial charge in [-0.1, -0.05) is 0 Å². The van der Waals surface area contributed by atoms with Crippen LogP contribution in [0.5, 0.6) is 0 Å². The average Bonchev–Trinajstić information content (AvgIpc) is 2.43. The zero-order valence-corrected chi connectivity index (χ0v) is 11.1. The molecule has 0 spiro atoms. The van der Waals surface area contributed by atoms with Gasteiger partial charge in [-0.2, -0.15) is 0 Å². The van der Waals surface area contributed by atoms with Crippen molar-refractivity contribution in [1.29, 1.82) is 0 Å². The van der Waals surface area contributed by atoms with Gasteiger partial charge < -0.3 is 14.9 Å². The molecule has 21 heavy (non-hydrogen) atoms. The molecule has 8 heteroatoms. The minimum atomic E-state index is -1.54. The molecule has 2 rings (SSSR count). The van der Waals surface area contributed by atoms with E-state index in [0.29, 0.717) is 12.1 Å². The van der Waals surface area contributed by atoms with E-state index in [9.17, 15) is 23.2 Å². The van der Waals surface area contributed by atoms with Crippen molar-refractivity contribution in [3.8, 4) is 0 Å². The molecule has 0 saturated carbocycles. The summed E-state index contributed by atoms with van der Waals surface area (Å²) >= 11 is 0. The number of likely N-dealkylation sites (N-methyl/N-ethyl adjacent to an activating group) is 1. The maximum Gasteiger partial charge on any atom is 0.336 e. The van der Waals surface area contributed by atoms with E-state index in [2.05, 4.69) is 0 Å². The lowest BCUT2D eigenvalue weighted by Crippen LogP contribution is -2.50. The van der Waals surface area contributed by atoms with Crippen molar-refractivity contribution >= 4 is 17.8 Å². The number of halogens is 2. The van der Waals surface area contributed by atoms with Gasteiger partial charge in [-0.25, -0.2) is 13.6 Å². The molecule has 1 fully saturated rings. The fraction of sp³-hybridized carbons (Fsp3) is 0.308. The van der Waals surface area contributed by atoms with Crippen LogP contribution in [0, 0.1) is 11.6 Å². The lowest BCUT2D eigenvalue weighted by molar-refractivity contribution is -0.133. The van der Waals surface area contributed by atoms with Crippen LogP contribution in [0.15, 0.2) is 12.1 Å². The van der Waals surface area contributed by atoms with Crippen molar-refractivity contribution < 1.29 is 28.3 Å². The number of rotatable bonds is 2. The summed E-state index contributed by atoms with van der Waals surface area (Å²) in [6.45, 7) is 0.253. The van der Waals surface area contributed by atoms with E-state index < -0.39 is 34.6 Å². The third-order valence-electron chi connectivity index (χ3n) is 3.27. The van der Waals surface area contributed by atoms with E-state index in [1.165, 1.54) is 4.90 Å². The molecule has 1 aromatic carbocycles. The first-order valence-electron chi connectivity index (χ1n) is 6.07. The maximum absolute atomic E-state index is 13.3. The number of hydrogen-bond acceptors (Lipinski definition) is 3. The Morgan fingerprint density at radius 1 is 1.14 bits per heavy atom. The highest BCUT2D eigenvalue weighted by molar-refractivity contribution is 6.05. The number of benzene rings is 1. The normalized spacial score (nSPS) is 15.3. The Balaban J connectivity index is 2.37. The summed E-state index contributed by atoms with van der Waals surface area (Å²) in [5, 5.41) is 8.99. The third kappa shape index (κ3) is 2.83. The quantitative estimate of drug-likeness (QED) is 0.866. The average molecular weight is 298 g/mol. The summed E-state index contributed by atoms with van der Waals surface area (Å²) in [5.74, 6) is -5.33. The second kappa shape index (κ2) is 5.47. The Kier molecular flexibility index (Phi) is 3.88. The smallest absolute Gasteiger partial charge is 0.336 e. The molecule has 0 atom stereocenters. The molecule has 0 aromatic heterocycles. The van der Waals surface area contributed by atoms with Crippen molar-refractivity contribution in [3.05, 3.63) is 34.9 Å². The van der Waals surface area contributed by atoms with Crippen molar-refractivity contribution in [2.75, 3.05) is 26.7 Å². The number of amides is 2. The zero-order valence-electron chi connectivity index (χ0n) is 11.1. The molecule has 1 aliphatic heterocycles. The molecule has 0 unspecified atom stereocenters. The van der Waals surface area contributed by atoms with Crippen LogP contribution >= 0.6 is 0 Å². The van der Waals surface area contributed by atoms with Gasteiger partial charge in [0.25, 0.3) is 5.91 Å². The summed E-state index contributed by atoms with van der Waals surface area (Å²) in [6, 6.07) is 1.01. The minimum Gasteiger partial charge on any atom is -0.478 e. The second-order valence-corrected chi connectivity index (χ2v) is 4.66. The van der Waals surface area contributed by atoms with Crippen molar-refractivity contribution in [1.82, 2.24) is 9.80 Å². The first kappa shape index (κ1) is 14.9. The van der Waals surface area contributed by atoms with Gasteiger partial charge in [0.05, 0.1) is 11.1 Å². The Hall–Kier alpha value is -2.51. The molecule has 2 amide bonds. The number of aromatic carboxylic acids is 1. The number of hydrogen-bond donors (Lipinski definition) is 1. The van der Waals surface area contributed by atoms with Crippen molar-refractivity contribution in [3.63, 3.8) is 0 Å². The molecular weight excluding hydrogens is 286 g/mol. The molecule has 6 nitrogen and oxygen atoms in total. The largest absolute Gasteiger partial charge is 0.478 e. The van der Waals surface area contributed by atoms with E-state index in [1.807, 2.05) is 0 Å². The Morgan fingerprint density at radius 3 is 2.24 bits per heavy atom. The van der Waals surface area contributed by atoms with Crippen LogP contribution < -0.4 is 0 Å². The third-order valence-corrected chi connectivity index (χ3v) is 3.27. The summed E-state index contributed by atoms with van der Waals surface area (Å²) in [7, 11) is 1.57. The number of nitrogens with zero attached hydrogens (tertiary/aromatic N) is 2. The van der Waals surface area contributed by atoms with Gasteiger partial charge in [-0.05, 0) is 12.1 Å². The van der Waals surface area contributed by atoms with Crippen LogP contribution in [0.25, 0.3) is 0 Å². The first-order valence-corrected chi connectivity index (χ1v) is 6.07. The van der Waals surface area contributed by atoms with Crippen molar-refractivity contribution in [2.45, 2.75) is 0 Å². The highest BCUT2D eigenvalue weighted by atomic mass is 19.2. The number of carbonyl (C=O) groups is 3. The van der Waals surface area contributed by atoms with E-state index in [4.69, 9.17) is 5.11 Å². The highest BCUT2D eigenvalue weighted by Gasteiger charge is 2.29. The van der Waals surface area contributed by atoms with Crippen LogP contribution in [0.4, 0.5) is 8.78 Å². The number of carboxylic acids is 1. The van der Waals surface area contributed by atoms with Crippen molar-refractivity contribution in [2.24, 2.45) is 0 Å². The monoisotopic (exact) mass is 298 g/mol. The Morgan fingerprint density at radius 2 is 1.71 bits per heavy atom. The predicted octanol–water partition coefficient (Wildman–Crippen LogP) is 0.577. The highest BCUT2D eigenvalue weighted by Crippen LogP contribution is 2.18. The Labute approximate surface area is 118 Å². The van der Waals surface area contributed by atoms with Gasteiger partial charge in [0.15, 0.2) is 11.6 Å². The summed E-state index contributed by atoms with van der Waals surface area (Å²) in [5.41, 5.74) is -1.11. The summed E-state index contributed by atoms with van der Waals surface area (Å²) < 4.78 is 26.4. The molecule has 1 N–H and O–H groups in total. The fourth-order valence-corrected chi connectivity index (χ4v) is 2.00. The number of carbonyl (C=O) groups excluding carboxylic acids is 2. The van der Waals surface area contributed by atoms with E-state index in [1.54, 1.807) is 7.05 Å². The standard InChI is InChI=1S/C13H12F2N2O4/c1-16-2-3-17(6-11(16)18)12(19)7-4-9(14)10(15)5-8(7)13(20)21/h4-5H,2-3,6H2,1H3,(H,20,21). The SMILES string of the molecule is CN1CCN(C(=O)c2cc(F)c(F)cc2C(=O)O)CC1=O. The maximum atomic E-state index is 13.3. The van der Waals surface area contributed by atoms with Crippen LogP contribution in [0.1, 0.15) is 20.7 Å². The lowest BCUT2D eigenvalue weighted by Gasteiger charge is -2.32. The van der Waals surface area contributed by atoms with E-state index in [-0.39, 0.29) is 25.5 Å². The van der Waals surface area contributed by atoms with Gasteiger partial charge in [-0.15, -0.1) is 0 Å². The van der Waals surface area contributed by atoms with Crippen LogP contribution in [-0.4, -0.2) is 59.4 Å². The van der Waals surface area contributed by atoms with Gasteiger partial charge in [-0.3, -0.25) is 9.59 Å². The number of piperazine rings is 1. The molecule has 0 bridgehead atoms. The zero-order chi connectivity index (χ0) is 15.7. The van der Waals surface area contributed by atoms with Gasteiger partial charge in [0, 0.05) is 20.1 Å². The van der Waals surface area contributed by atoms with Gasteiger partial charge in [0.1, 0.15) is 6.54 Å². The van der Waals surface area contributed by atoms with E-state index >= 15 is 0 Å². The summed E-state index contributed by atoms with van der Waals surface area (Å²) in [6.07, 6.45) is 0. The van der Waals surface area contributed by atoms with Gasteiger partial charge >= 0.3 is 5.97 Å². The lowest BCUT2D eigenvalue weighted by atomic mass is 10.1. The van der Waals surface area contributed by atoms with Gasteiger partial charge in [0.2, 0.25) is 5.91 Å². The van der Waals surface area contributed by atoms with Crippen LogP contribution in [0.3, 0.4) is 0 Å². The minimum absolute atomic E-state index is 0.194. The second-order valence-electron chi connectivity index (χ2n) is 4.66. The molecule has 1 heterocycles. The Bertz CT molecular complexity index is 633. The molecule has 0 radical (unpaired) electrons. The molecule has 1 saturated heterocycles. The fourth-order valence-electron chi connectivity index (χ4n) is 2.00. The van der Waals surface area contributed by atoms with Crippen LogP contribution in [-0.2, 0) is 4.79 Å². The van der Waals surface area contributed by atoms with Crippen LogP contribution in [0.2, 0.25) is 0 Å². The predicted molar refractivity (Wildman–Crippen MR) is 66.9 cm³/mol. The molecule has 112 valence electrons. The number of carboxylic acid groups (broad SMARTS) is 1. The molecule has 1 aliphatic rings. The molecule has 0 aliphatic carbocycles. The summed E-state index contributed by atoms with van der Waals surface area (Å²) in [4.78, 5) is 37.4. The molecule has 1 aromatic rings. The van der Waals surface area contributed by atoms with E-state index in [0.717, 1.165) is 4.90 Å².